The lowest BCUT2D eigenvalue weighted by Crippen LogP contribution is -2.42. The zero-order valence-corrected chi connectivity index (χ0v) is 14.6. The molecule has 1 saturated heterocycles. The van der Waals surface area contributed by atoms with E-state index in [4.69, 9.17) is 0 Å². The number of hydrogen-bond acceptors (Lipinski definition) is 4. The number of carbonyl (C=O) groups excluding carboxylic acids is 1. The molecule has 6 heteroatoms. The molecule has 1 aliphatic heterocycles. The van der Waals surface area contributed by atoms with E-state index >= 15 is 0 Å². The number of hydrogen-bond donors (Lipinski definition) is 1. The van der Waals surface area contributed by atoms with E-state index in [1.807, 2.05) is 19.2 Å². The molecular weight excluding hydrogens is 319 g/mol. The van der Waals surface area contributed by atoms with Gasteiger partial charge in [-0.1, -0.05) is 6.07 Å². The van der Waals surface area contributed by atoms with Crippen LogP contribution in [0.2, 0.25) is 0 Å². The van der Waals surface area contributed by atoms with E-state index in [-0.39, 0.29) is 11.7 Å². The Morgan fingerprint density at radius 1 is 1.20 bits per heavy atom. The van der Waals surface area contributed by atoms with Gasteiger partial charge < -0.3 is 15.1 Å². The van der Waals surface area contributed by atoms with Crippen LogP contribution in [0.1, 0.15) is 23.2 Å². The van der Waals surface area contributed by atoms with Gasteiger partial charge in [-0.15, -0.1) is 0 Å². The van der Waals surface area contributed by atoms with Crippen molar-refractivity contribution in [1.29, 1.82) is 0 Å². The van der Waals surface area contributed by atoms with Gasteiger partial charge in [-0.2, -0.15) is 0 Å². The van der Waals surface area contributed by atoms with E-state index in [1.54, 1.807) is 6.07 Å². The molecule has 1 fully saturated rings. The number of nitrogens with zero attached hydrogens (tertiary/aromatic N) is 3. The number of carbonyl (C=O) groups is 1. The van der Waals surface area contributed by atoms with Gasteiger partial charge in [0, 0.05) is 18.7 Å². The first-order valence-corrected chi connectivity index (χ1v) is 8.48. The van der Waals surface area contributed by atoms with E-state index in [2.05, 4.69) is 27.1 Å². The Morgan fingerprint density at radius 3 is 2.56 bits per heavy atom. The first kappa shape index (κ1) is 17.4. The smallest absolute Gasteiger partial charge is 0.256 e. The van der Waals surface area contributed by atoms with Gasteiger partial charge in [0.2, 0.25) is 0 Å². The topological polar surface area (TPSA) is 48.5 Å². The zero-order chi connectivity index (χ0) is 17.8. The summed E-state index contributed by atoms with van der Waals surface area (Å²) >= 11 is 0. The highest BCUT2D eigenvalue weighted by Gasteiger charge is 2.21. The van der Waals surface area contributed by atoms with Crippen molar-refractivity contribution < 1.29 is 9.18 Å². The Balaban J connectivity index is 1.68. The number of rotatable bonds is 4. The normalized spacial score (nSPS) is 15.8. The predicted molar refractivity (Wildman–Crippen MR) is 97.5 cm³/mol. The van der Waals surface area contributed by atoms with Gasteiger partial charge in [0.15, 0.2) is 0 Å². The first-order chi connectivity index (χ1) is 12.0. The lowest BCUT2D eigenvalue weighted by molar-refractivity contribution is 0.102. The standard InChI is InChI=1S/C19H23FN4O/c1-23-12-10-16(11-13-23)24(2)18-5-3-4-17(21-18)22-19(25)14-6-8-15(20)9-7-14/h3-9,16H,10-13H2,1-2H3,(H,21,22,25). The highest BCUT2D eigenvalue weighted by Crippen LogP contribution is 2.21. The Bertz CT molecular complexity index is 726. The number of benzene rings is 1. The molecule has 0 atom stereocenters. The van der Waals surface area contributed by atoms with E-state index in [0.29, 0.717) is 17.4 Å². The maximum Gasteiger partial charge on any atom is 0.256 e. The fourth-order valence-electron chi connectivity index (χ4n) is 3.05. The van der Waals surface area contributed by atoms with E-state index in [0.717, 1.165) is 31.7 Å². The zero-order valence-electron chi connectivity index (χ0n) is 14.6. The van der Waals surface area contributed by atoms with Crippen LogP contribution in [0.4, 0.5) is 16.0 Å². The lowest BCUT2D eigenvalue weighted by Gasteiger charge is -2.35. The van der Waals surface area contributed by atoms with Crippen molar-refractivity contribution in [2.45, 2.75) is 18.9 Å². The molecular formula is C19H23FN4O. The second-order valence-electron chi connectivity index (χ2n) is 6.49. The molecule has 0 spiro atoms. The van der Waals surface area contributed by atoms with Gasteiger partial charge in [-0.3, -0.25) is 4.79 Å². The molecule has 3 rings (SSSR count). The van der Waals surface area contributed by atoms with E-state index in [9.17, 15) is 9.18 Å². The van der Waals surface area contributed by atoms with Crippen LogP contribution < -0.4 is 10.2 Å². The van der Waals surface area contributed by atoms with Crippen LogP contribution in [0.25, 0.3) is 0 Å². The van der Waals surface area contributed by atoms with Crippen molar-refractivity contribution in [3.05, 3.63) is 53.8 Å². The molecule has 0 radical (unpaired) electrons. The van der Waals surface area contributed by atoms with Crippen LogP contribution in [-0.4, -0.2) is 49.0 Å². The van der Waals surface area contributed by atoms with Gasteiger partial charge >= 0.3 is 0 Å². The second-order valence-corrected chi connectivity index (χ2v) is 6.49. The summed E-state index contributed by atoms with van der Waals surface area (Å²) in [7, 11) is 4.18. The molecule has 1 aromatic carbocycles. The summed E-state index contributed by atoms with van der Waals surface area (Å²) in [5, 5.41) is 2.78. The molecule has 1 aliphatic rings. The van der Waals surface area contributed by atoms with Crippen molar-refractivity contribution in [2.24, 2.45) is 0 Å². The molecule has 25 heavy (non-hydrogen) atoms. The Hall–Kier alpha value is -2.47. The van der Waals surface area contributed by atoms with Crippen molar-refractivity contribution in [2.75, 3.05) is 37.4 Å². The van der Waals surface area contributed by atoms with Crippen molar-refractivity contribution in [3.8, 4) is 0 Å². The van der Waals surface area contributed by atoms with Crippen LogP contribution in [0.3, 0.4) is 0 Å². The summed E-state index contributed by atoms with van der Waals surface area (Å²) in [5.41, 5.74) is 0.400. The summed E-state index contributed by atoms with van der Waals surface area (Å²) in [4.78, 5) is 21.3. The number of aromatic nitrogens is 1. The highest BCUT2D eigenvalue weighted by molar-refractivity contribution is 6.03. The molecule has 132 valence electrons. The maximum absolute atomic E-state index is 13.0. The third-order valence-electron chi connectivity index (χ3n) is 4.68. The average Bonchev–Trinajstić information content (AvgIpc) is 2.62. The van der Waals surface area contributed by atoms with Crippen LogP contribution in [0, 0.1) is 5.82 Å². The summed E-state index contributed by atoms with van der Waals surface area (Å²) in [6.07, 6.45) is 2.20. The van der Waals surface area contributed by atoms with Crippen LogP contribution in [0.5, 0.6) is 0 Å². The number of nitrogens with one attached hydrogen (secondary N) is 1. The van der Waals surface area contributed by atoms with E-state index < -0.39 is 0 Å². The number of piperidine rings is 1. The highest BCUT2D eigenvalue weighted by atomic mass is 19.1. The summed E-state index contributed by atoms with van der Waals surface area (Å²) < 4.78 is 13.0. The Morgan fingerprint density at radius 2 is 1.88 bits per heavy atom. The van der Waals surface area contributed by atoms with Crippen molar-refractivity contribution in [1.82, 2.24) is 9.88 Å². The lowest BCUT2D eigenvalue weighted by atomic mass is 10.0. The van der Waals surface area contributed by atoms with Gasteiger partial charge in [0.1, 0.15) is 17.5 Å². The second kappa shape index (κ2) is 7.61. The number of amides is 1. The number of likely N-dealkylation sites (tertiary alicyclic amines) is 1. The molecule has 5 nitrogen and oxygen atoms in total. The van der Waals surface area contributed by atoms with Crippen molar-refractivity contribution >= 4 is 17.5 Å². The van der Waals surface area contributed by atoms with Crippen molar-refractivity contribution in [3.63, 3.8) is 0 Å². The van der Waals surface area contributed by atoms with E-state index in [1.165, 1.54) is 24.3 Å². The summed E-state index contributed by atoms with van der Waals surface area (Å²) in [6, 6.07) is 11.5. The Labute approximate surface area is 147 Å². The molecule has 0 unspecified atom stereocenters. The third kappa shape index (κ3) is 4.33. The maximum atomic E-state index is 13.0. The number of halogens is 1. The largest absolute Gasteiger partial charge is 0.357 e. The fraction of sp³-hybridized carbons (Fsp3) is 0.368. The fourth-order valence-corrected chi connectivity index (χ4v) is 3.05. The quantitative estimate of drug-likeness (QED) is 0.928. The first-order valence-electron chi connectivity index (χ1n) is 8.48. The average molecular weight is 342 g/mol. The van der Waals surface area contributed by atoms with Gasteiger partial charge in [-0.25, -0.2) is 9.37 Å². The Kier molecular flexibility index (Phi) is 5.28. The number of pyridine rings is 1. The minimum absolute atomic E-state index is 0.299. The van der Waals surface area contributed by atoms with Gasteiger partial charge in [0.25, 0.3) is 5.91 Å². The molecule has 2 aromatic rings. The van der Waals surface area contributed by atoms with Crippen LogP contribution in [0.15, 0.2) is 42.5 Å². The monoisotopic (exact) mass is 342 g/mol. The van der Waals surface area contributed by atoms with Gasteiger partial charge in [-0.05, 0) is 69.4 Å². The molecule has 1 aromatic heterocycles. The predicted octanol–water partition coefficient (Wildman–Crippen LogP) is 3.00. The molecule has 0 bridgehead atoms. The molecule has 1 N–H and O–H groups in total. The molecule has 0 aliphatic carbocycles. The number of anilines is 2. The summed E-state index contributed by atoms with van der Waals surface area (Å²) in [5.74, 6) is 0.668. The SMILES string of the molecule is CN1CCC(N(C)c2cccc(NC(=O)c3ccc(F)cc3)n2)CC1. The van der Waals surface area contributed by atoms with Gasteiger partial charge in [0.05, 0.1) is 0 Å². The van der Waals surface area contributed by atoms with Crippen LogP contribution in [-0.2, 0) is 0 Å². The minimum Gasteiger partial charge on any atom is -0.357 e. The minimum atomic E-state index is -0.364. The molecule has 0 saturated carbocycles. The van der Waals surface area contributed by atoms with Crippen LogP contribution >= 0.6 is 0 Å². The third-order valence-corrected chi connectivity index (χ3v) is 4.68. The molecule has 1 amide bonds. The molecule has 2 heterocycles. The summed E-state index contributed by atoms with van der Waals surface area (Å²) in [6.45, 7) is 2.16.